The van der Waals surface area contributed by atoms with Crippen LogP contribution >= 0.6 is 0 Å². The fourth-order valence-electron chi connectivity index (χ4n) is 4.36. The van der Waals surface area contributed by atoms with Crippen LogP contribution in [0.25, 0.3) is 0 Å². The molecule has 2 atom stereocenters. The number of hydrogen-bond acceptors (Lipinski definition) is 4. The van der Waals surface area contributed by atoms with Gasteiger partial charge in [0, 0.05) is 20.0 Å². The first kappa shape index (κ1) is 18.5. The van der Waals surface area contributed by atoms with Gasteiger partial charge >= 0.3 is 12.1 Å². The number of ether oxygens (including phenoxy) is 1. The third-order valence-corrected chi connectivity index (χ3v) is 5.78. The summed E-state index contributed by atoms with van der Waals surface area (Å²) in [6.07, 6.45) is 3.80. The first-order valence-electron chi connectivity index (χ1n) is 9.88. The Hall–Kier alpha value is -2.83. The number of alkyl carbamates (subject to hydrolysis) is 1. The van der Waals surface area contributed by atoms with Crippen molar-refractivity contribution in [2.45, 2.75) is 38.2 Å². The fourth-order valence-corrected chi connectivity index (χ4v) is 4.36. The van der Waals surface area contributed by atoms with Crippen LogP contribution < -0.4 is 5.32 Å². The molecule has 1 aromatic carbocycles. The van der Waals surface area contributed by atoms with Crippen LogP contribution in [-0.4, -0.2) is 54.5 Å². The van der Waals surface area contributed by atoms with Crippen molar-refractivity contribution in [3.8, 4) is 0 Å². The van der Waals surface area contributed by atoms with Crippen molar-refractivity contribution in [1.29, 1.82) is 0 Å². The van der Waals surface area contributed by atoms with E-state index in [0.29, 0.717) is 6.54 Å². The zero-order valence-corrected chi connectivity index (χ0v) is 16.4. The highest BCUT2D eigenvalue weighted by Crippen LogP contribution is 2.40. The Balaban J connectivity index is 1.67. The summed E-state index contributed by atoms with van der Waals surface area (Å²) in [6.45, 7) is 0.581. The summed E-state index contributed by atoms with van der Waals surface area (Å²) < 4.78 is 5.53. The number of hydrogen-bond donors (Lipinski definition) is 1. The van der Waals surface area contributed by atoms with Gasteiger partial charge in [-0.15, -0.1) is 0 Å². The second-order valence-corrected chi connectivity index (χ2v) is 7.57. The van der Waals surface area contributed by atoms with Gasteiger partial charge in [0.2, 0.25) is 0 Å². The Labute approximate surface area is 165 Å². The maximum Gasteiger partial charge on any atom is 0.407 e. The number of amides is 3. The predicted molar refractivity (Wildman–Crippen MR) is 106 cm³/mol. The predicted octanol–water partition coefficient (Wildman–Crippen LogP) is 3.33. The highest BCUT2D eigenvalue weighted by molar-refractivity contribution is 6.05. The molecule has 7 nitrogen and oxygen atoms in total. The minimum atomic E-state index is -0.382. The smallest absolute Gasteiger partial charge is 0.407 e. The van der Waals surface area contributed by atoms with Crippen LogP contribution in [0.5, 0.6) is 0 Å². The third-order valence-electron chi connectivity index (χ3n) is 5.78. The van der Waals surface area contributed by atoms with Crippen LogP contribution in [0, 0.1) is 5.92 Å². The lowest BCUT2D eigenvalue weighted by Gasteiger charge is -2.33. The zero-order chi connectivity index (χ0) is 19.7. The molecule has 0 spiro atoms. The monoisotopic (exact) mass is 382 g/mol. The molecule has 2 fully saturated rings. The van der Waals surface area contributed by atoms with E-state index in [4.69, 9.17) is 9.84 Å². The quantitative estimate of drug-likeness (QED) is 0.853. The lowest BCUT2D eigenvalue weighted by molar-refractivity contribution is 0.0849. The lowest BCUT2D eigenvalue weighted by atomic mass is 9.79. The topological polar surface area (TPSA) is 74.2 Å². The number of nitrogens with one attached hydrogen (secondary N) is 1. The molecule has 1 saturated heterocycles. The van der Waals surface area contributed by atoms with Gasteiger partial charge in [0.15, 0.2) is 0 Å². The second kappa shape index (κ2) is 7.66. The molecule has 3 amide bonds. The summed E-state index contributed by atoms with van der Waals surface area (Å²) in [5.74, 6) is 0.203. The van der Waals surface area contributed by atoms with Gasteiger partial charge in [-0.3, -0.25) is 0 Å². The van der Waals surface area contributed by atoms with Gasteiger partial charge < -0.3 is 15.0 Å². The van der Waals surface area contributed by atoms with Crippen LogP contribution in [0.1, 0.15) is 37.7 Å². The lowest BCUT2D eigenvalue weighted by Crippen LogP contribution is -2.35. The highest BCUT2D eigenvalue weighted by Gasteiger charge is 2.41. The number of likely N-dealkylation sites (N-methyl/N-ethyl adjacent to an activating group) is 1. The van der Waals surface area contributed by atoms with Gasteiger partial charge in [-0.05, 0) is 43.2 Å². The van der Waals surface area contributed by atoms with E-state index in [0.717, 1.165) is 49.1 Å². The first-order chi connectivity index (χ1) is 13.6. The van der Waals surface area contributed by atoms with Crippen molar-refractivity contribution >= 4 is 17.8 Å². The average molecular weight is 382 g/mol. The molecule has 3 aliphatic rings. The number of fused-ring (bicyclic) bond motifs is 2. The summed E-state index contributed by atoms with van der Waals surface area (Å²) in [5, 5.41) is 8.89. The summed E-state index contributed by atoms with van der Waals surface area (Å²) in [7, 11) is 3.38. The molecule has 4 rings (SSSR count). The minimum Gasteiger partial charge on any atom is -0.446 e. The summed E-state index contributed by atoms with van der Waals surface area (Å²) in [5.41, 5.74) is 4.29. The first-order valence-corrected chi connectivity index (χ1v) is 9.88. The van der Waals surface area contributed by atoms with E-state index in [-0.39, 0.29) is 24.1 Å². The largest absolute Gasteiger partial charge is 0.446 e. The van der Waals surface area contributed by atoms with E-state index < -0.39 is 0 Å². The molecule has 0 aromatic heterocycles. The molecular weight excluding hydrogens is 356 g/mol. The molecule has 1 N–H and O–H groups in total. The number of hydrazone groups is 1. The molecule has 2 aliphatic heterocycles. The summed E-state index contributed by atoms with van der Waals surface area (Å²) in [4.78, 5) is 26.0. The van der Waals surface area contributed by atoms with Crippen molar-refractivity contribution in [2.75, 3.05) is 20.6 Å². The third kappa shape index (κ3) is 3.37. The van der Waals surface area contributed by atoms with Gasteiger partial charge in [0.25, 0.3) is 0 Å². The van der Waals surface area contributed by atoms with Crippen LogP contribution in [0.2, 0.25) is 0 Å². The number of allylic oxidation sites excluding steroid dienone is 1. The molecule has 0 bridgehead atoms. The zero-order valence-electron chi connectivity index (χ0n) is 16.4. The summed E-state index contributed by atoms with van der Waals surface area (Å²) in [6, 6.07) is 10.0. The van der Waals surface area contributed by atoms with Gasteiger partial charge in [-0.1, -0.05) is 30.3 Å². The Morgan fingerprint density at radius 2 is 2.00 bits per heavy atom. The van der Waals surface area contributed by atoms with Crippen molar-refractivity contribution in [1.82, 2.24) is 15.2 Å². The SMILES string of the molecule is CNC(=O)OC1CCCC2C(c3ccccc3)=NN3C(=O)N(C)CC3=C2CC1. The molecule has 0 radical (unpaired) electrons. The van der Waals surface area contributed by atoms with E-state index in [2.05, 4.69) is 17.4 Å². The average Bonchev–Trinajstić information content (AvgIpc) is 2.98. The Kier molecular flexibility index (Phi) is 5.07. The van der Waals surface area contributed by atoms with Gasteiger partial charge in [0.1, 0.15) is 6.10 Å². The van der Waals surface area contributed by atoms with Crippen molar-refractivity contribution in [3.63, 3.8) is 0 Å². The summed E-state index contributed by atoms with van der Waals surface area (Å²) >= 11 is 0. The van der Waals surface area contributed by atoms with Crippen molar-refractivity contribution in [3.05, 3.63) is 47.2 Å². The van der Waals surface area contributed by atoms with E-state index in [9.17, 15) is 9.59 Å². The molecule has 148 valence electrons. The van der Waals surface area contributed by atoms with E-state index >= 15 is 0 Å². The van der Waals surface area contributed by atoms with Crippen LogP contribution in [-0.2, 0) is 4.74 Å². The molecule has 28 heavy (non-hydrogen) atoms. The van der Waals surface area contributed by atoms with Gasteiger partial charge in [0.05, 0.1) is 18.0 Å². The molecule has 1 aliphatic carbocycles. The molecular formula is C21H26N4O3. The molecule has 2 unspecified atom stereocenters. The number of rotatable bonds is 2. The molecule has 1 saturated carbocycles. The van der Waals surface area contributed by atoms with Crippen LogP contribution in [0.15, 0.2) is 46.7 Å². The fraction of sp³-hybridized carbons (Fsp3) is 0.476. The Morgan fingerprint density at radius 1 is 1.21 bits per heavy atom. The number of carbonyl (C=O) groups excluding carboxylic acids is 2. The van der Waals surface area contributed by atoms with Crippen molar-refractivity contribution < 1.29 is 14.3 Å². The number of benzene rings is 1. The second-order valence-electron chi connectivity index (χ2n) is 7.57. The molecule has 2 heterocycles. The van der Waals surface area contributed by atoms with Crippen molar-refractivity contribution in [2.24, 2.45) is 11.0 Å². The van der Waals surface area contributed by atoms with E-state index in [1.54, 1.807) is 24.0 Å². The van der Waals surface area contributed by atoms with Crippen LogP contribution in [0.4, 0.5) is 9.59 Å². The van der Waals surface area contributed by atoms with Gasteiger partial charge in [-0.2, -0.15) is 10.1 Å². The Bertz CT molecular complexity index is 833. The number of urea groups is 1. The number of nitrogens with zero attached hydrogens (tertiary/aromatic N) is 3. The number of carbonyl (C=O) groups is 2. The van der Waals surface area contributed by atoms with Gasteiger partial charge in [-0.25, -0.2) is 9.59 Å². The standard InChI is InChI=1S/C21H26N4O3/c1-22-20(26)28-15-9-6-10-17-16(12-11-15)18-13-24(2)21(27)25(18)23-19(17)14-7-4-3-5-8-14/h3-5,7-8,15,17H,6,9-13H2,1-2H3,(H,22,26). The highest BCUT2D eigenvalue weighted by atomic mass is 16.6. The minimum absolute atomic E-state index is 0.0883. The van der Waals surface area contributed by atoms with E-state index in [1.165, 1.54) is 5.57 Å². The maximum absolute atomic E-state index is 12.6. The Morgan fingerprint density at radius 3 is 2.75 bits per heavy atom. The molecule has 1 aromatic rings. The molecule has 7 heteroatoms. The maximum atomic E-state index is 12.6. The van der Waals surface area contributed by atoms with E-state index in [1.807, 2.05) is 18.2 Å². The normalized spacial score (nSPS) is 24.8. The van der Waals surface area contributed by atoms with Crippen LogP contribution in [0.3, 0.4) is 0 Å².